The zero-order valence-electron chi connectivity index (χ0n) is 18.8. The van der Waals surface area contributed by atoms with Gasteiger partial charge in [0.05, 0.1) is 0 Å². The Kier molecular flexibility index (Phi) is 23.2. The predicted molar refractivity (Wildman–Crippen MR) is 121 cm³/mol. The van der Waals surface area contributed by atoms with Gasteiger partial charge in [-0.15, -0.1) is 0 Å². The molecule has 0 rings (SSSR count). The van der Waals surface area contributed by atoms with Crippen LogP contribution in [0.4, 0.5) is 0 Å². The van der Waals surface area contributed by atoms with Crippen LogP contribution in [0.1, 0.15) is 135 Å². The van der Waals surface area contributed by atoms with Crippen molar-refractivity contribution in [2.75, 3.05) is 0 Å². The summed E-state index contributed by atoms with van der Waals surface area (Å²) in [6.07, 6.45) is 24.3. The average molecular weight is 438 g/mol. The summed E-state index contributed by atoms with van der Waals surface area (Å²) in [6.45, 7) is 2.27. The second kappa shape index (κ2) is 22.0. The standard InChI is InChI=1S/C22H44O5S.H3N/c1-2-3-4-5-6-7-8-9-10-11-12-13-14-15-16-17-18-19-20-21-22(23)27-28(24,25)26;/h2-21H2,1H3,(H,24,25,26);1H3. The number of rotatable bonds is 21. The van der Waals surface area contributed by atoms with Gasteiger partial charge in [0.2, 0.25) is 0 Å². The molecule has 0 aromatic carbocycles. The third-order valence-corrected chi connectivity index (χ3v) is 5.58. The minimum atomic E-state index is -4.65. The van der Waals surface area contributed by atoms with Crippen LogP contribution < -0.4 is 6.15 Å². The van der Waals surface area contributed by atoms with E-state index in [-0.39, 0.29) is 12.6 Å². The van der Waals surface area contributed by atoms with Crippen molar-refractivity contribution in [1.82, 2.24) is 6.15 Å². The third-order valence-electron chi connectivity index (χ3n) is 5.18. The van der Waals surface area contributed by atoms with Crippen molar-refractivity contribution >= 4 is 16.4 Å². The van der Waals surface area contributed by atoms with Crippen LogP contribution in [0.5, 0.6) is 0 Å². The molecule has 0 aliphatic carbocycles. The van der Waals surface area contributed by atoms with Gasteiger partial charge in [-0.05, 0) is 6.42 Å². The summed E-state index contributed by atoms with van der Waals surface area (Å²) in [7, 11) is -4.65. The molecule has 176 valence electrons. The molecule has 0 unspecified atom stereocenters. The van der Waals surface area contributed by atoms with E-state index in [1.165, 1.54) is 96.3 Å². The highest BCUT2D eigenvalue weighted by atomic mass is 32.3. The summed E-state index contributed by atoms with van der Waals surface area (Å²) in [6, 6.07) is 0. The Bertz CT molecular complexity index is 454. The monoisotopic (exact) mass is 437 g/mol. The zero-order valence-corrected chi connectivity index (χ0v) is 19.7. The molecule has 6 nitrogen and oxygen atoms in total. The van der Waals surface area contributed by atoms with Crippen LogP contribution in [0.25, 0.3) is 0 Å². The zero-order chi connectivity index (χ0) is 20.9. The molecule has 0 aliphatic heterocycles. The van der Waals surface area contributed by atoms with E-state index >= 15 is 0 Å². The Balaban J connectivity index is 0. The average Bonchev–Trinajstić information content (AvgIpc) is 2.62. The van der Waals surface area contributed by atoms with Gasteiger partial charge in [-0.1, -0.05) is 122 Å². The first-order valence-corrected chi connectivity index (χ1v) is 13.0. The van der Waals surface area contributed by atoms with Crippen molar-refractivity contribution in [2.45, 2.75) is 135 Å². The van der Waals surface area contributed by atoms with Gasteiger partial charge in [0, 0.05) is 6.42 Å². The molecule has 0 aromatic rings. The Hall–Kier alpha value is -0.660. The molecule has 0 radical (unpaired) electrons. The molecule has 0 amide bonds. The van der Waals surface area contributed by atoms with Crippen molar-refractivity contribution in [3.63, 3.8) is 0 Å². The summed E-state index contributed by atoms with van der Waals surface area (Å²) >= 11 is 0. The summed E-state index contributed by atoms with van der Waals surface area (Å²) in [4.78, 5) is 11.1. The van der Waals surface area contributed by atoms with Crippen LogP contribution in [-0.2, 0) is 19.4 Å². The highest BCUT2D eigenvalue weighted by molar-refractivity contribution is 7.81. The second-order valence-electron chi connectivity index (χ2n) is 8.00. The van der Waals surface area contributed by atoms with Gasteiger partial charge in [0.1, 0.15) is 0 Å². The summed E-state index contributed by atoms with van der Waals surface area (Å²) in [5.41, 5.74) is 0. The van der Waals surface area contributed by atoms with Crippen LogP contribution in [0, 0.1) is 0 Å². The molecule has 0 aliphatic rings. The van der Waals surface area contributed by atoms with Crippen LogP contribution in [0.3, 0.4) is 0 Å². The molecule has 0 bridgehead atoms. The fourth-order valence-corrected chi connectivity index (χ4v) is 3.83. The van der Waals surface area contributed by atoms with E-state index in [2.05, 4.69) is 11.1 Å². The number of hydrogen-bond acceptors (Lipinski definition) is 5. The van der Waals surface area contributed by atoms with Crippen molar-refractivity contribution in [1.29, 1.82) is 0 Å². The normalized spacial score (nSPS) is 11.2. The van der Waals surface area contributed by atoms with Gasteiger partial charge in [0.25, 0.3) is 0 Å². The molecule has 4 N–H and O–H groups in total. The molecule has 0 spiro atoms. The second-order valence-corrected chi connectivity index (χ2v) is 9.02. The molecule has 0 aromatic heterocycles. The first-order valence-electron chi connectivity index (χ1n) is 11.7. The van der Waals surface area contributed by atoms with Gasteiger partial charge < -0.3 is 10.3 Å². The van der Waals surface area contributed by atoms with Crippen LogP contribution in [-0.4, -0.2) is 18.9 Å². The third kappa shape index (κ3) is 27.3. The highest BCUT2D eigenvalue weighted by Crippen LogP contribution is 2.14. The van der Waals surface area contributed by atoms with E-state index in [1.807, 2.05) is 0 Å². The molecule has 0 heterocycles. The van der Waals surface area contributed by atoms with Gasteiger partial charge in [-0.25, -0.2) is 0 Å². The van der Waals surface area contributed by atoms with Crippen LogP contribution in [0.15, 0.2) is 0 Å². The maximum atomic E-state index is 11.1. The number of carbonyl (C=O) groups is 1. The lowest BCUT2D eigenvalue weighted by atomic mass is 10.0. The summed E-state index contributed by atoms with van der Waals surface area (Å²) < 4.78 is 32.9. The number of hydrogen-bond donors (Lipinski definition) is 2. The van der Waals surface area contributed by atoms with Gasteiger partial charge in [-0.3, -0.25) is 9.35 Å². The summed E-state index contributed by atoms with van der Waals surface area (Å²) in [5.74, 6) is -0.880. The molecule has 0 saturated carbocycles. The lowest BCUT2D eigenvalue weighted by molar-refractivity contribution is -0.134. The Labute approximate surface area is 180 Å². The fourth-order valence-electron chi connectivity index (χ4n) is 3.51. The van der Waals surface area contributed by atoms with E-state index in [1.54, 1.807) is 0 Å². The van der Waals surface area contributed by atoms with Gasteiger partial charge in [0.15, 0.2) is 0 Å². The Morgan fingerprint density at radius 2 is 0.897 bits per heavy atom. The summed E-state index contributed by atoms with van der Waals surface area (Å²) in [5, 5.41) is 0. The predicted octanol–water partition coefficient (Wildman–Crippen LogP) is 7.32. The van der Waals surface area contributed by atoms with Gasteiger partial charge in [-0.2, -0.15) is 8.42 Å². The molecule has 0 saturated heterocycles. The van der Waals surface area contributed by atoms with E-state index in [0.29, 0.717) is 6.42 Å². The van der Waals surface area contributed by atoms with Crippen LogP contribution >= 0.6 is 0 Å². The quantitative estimate of drug-likeness (QED) is 0.143. The van der Waals surface area contributed by atoms with Crippen molar-refractivity contribution < 1.29 is 21.9 Å². The van der Waals surface area contributed by atoms with E-state index < -0.39 is 16.4 Å². The maximum absolute atomic E-state index is 11.1. The lowest BCUT2D eigenvalue weighted by Gasteiger charge is -2.04. The van der Waals surface area contributed by atoms with Crippen molar-refractivity contribution in [3.05, 3.63) is 0 Å². The highest BCUT2D eigenvalue weighted by Gasteiger charge is 2.12. The molecule has 7 heteroatoms. The minimum Gasteiger partial charge on any atom is -0.344 e. The molecule has 29 heavy (non-hydrogen) atoms. The topological polar surface area (TPSA) is 116 Å². The van der Waals surface area contributed by atoms with E-state index in [0.717, 1.165) is 19.3 Å². The van der Waals surface area contributed by atoms with Crippen molar-refractivity contribution in [3.8, 4) is 0 Å². The van der Waals surface area contributed by atoms with E-state index in [4.69, 9.17) is 4.55 Å². The van der Waals surface area contributed by atoms with Gasteiger partial charge >= 0.3 is 16.4 Å². The molecule has 0 fully saturated rings. The lowest BCUT2D eigenvalue weighted by Crippen LogP contribution is -2.11. The van der Waals surface area contributed by atoms with E-state index in [9.17, 15) is 13.2 Å². The first-order chi connectivity index (χ1) is 13.5. The number of unbranched alkanes of at least 4 members (excludes halogenated alkanes) is 18. The smallest absolute Gasteiger partial charge is 0.344 e. The Morgan fingerprint density at radius 1 is 0.621 bits per heavy atom. The minimum absolute atomic E-state index is 0. The van der Waals surface area contributed by atoms with Crippen LogP contribution in [0.2, 0.25) is 0 Å². The fraction of sp³-hybridized carbons (Fsp3) is 0.955. The first kappa shape index (κ1) is 30.5. The molecule has 0 atom stereocenters. The molecular weight excluding hydrogens is 390 g/mol. The van der Waals surface area contributed by atoms with Crippen molar-refractivity contribution in [2.24, 2.45) is 0 Å². The maximum Gasteiger partial charge on any atom is 0.448 e. The number of carbonyl (C=O) groups excluding carboxylic acids is 1. The molecular formula is C22H47NO5S. The Morgan fingerprint density at radius 3 is 1.17 bits per heavy atom. The largest absolute Gasteiger partial charge is 0.448 e. The SMILES string of the molecule is CCCCCCCCCCCCCCCCCCCCCC(=O)OS(=O)(=O)O.N.